The van der Waals surface area contributed by atoms with Gasteiger partial charge >= 0.3 is 0 Å². The molecule has 1 aromatic heterocycles. The number of amides is 1. The summed E-state index contributed by atoms with van der Waals surface area (Å²) < 4.78 is 7.99. The van der Waals surface area contributed by atoms with Crippen LogP contribution < -0.4 is 11.1 Å². The monoisotopic (exact) mass is 429 g/mol. The summed E-state index contributed by atoms with van der Waals surface area (Å²) in [5.41, 5.74) is 7.14. The number of nitrogens with one attached hydrogen (secondary N) is 1. The molecule has 1 fully saturated rings. The van der Waals surface area contributed by atoms with Crippen LogP contribution in [0.15, 0.2) is 35.1 Å². The number of halogens is 2. The number of carbonyl (C=O) groups is 1. The molecule has 1 aliphatic heterocycles. The lowest BCUT2D eigenvalue weighted by Crippen LogP contribution is -2.44. The normalized spacial score (nSPS) is 16.1. The molecule has 0 saturated carbocycles. The lowest BCUT2D eigenvalue weighted by Gasteiger charge is -2.26. The minimum absolute atomic E-state index is 0. The Balaban J connectivity index is 0.00000225. The van der Waals surface area contributed by atoms with Gasteiger partial charge in [0, 0.05) is 17.7 Å². The second kappa shape index (κ2) is 9.28. The van der Waals surface area contributed by atoms with Crippen LogP contribution in [-0.4, -0.2) is 39.9 Å². The molecule has 0 spiro atoms. The van der Waals surface area contributed by atoms with E-state index in [0.717, 1.165) is 22.9 Å². The summed E-state index contributed by atoms with van der Waals surface area (Å²) >= 11 is 3.44. The van der Waals surface area contributed by atoms with E-state index in [2.05, 4.69) is 31.3 Å². The van der Waals surface area contributed by atoms with Gasteiger partial charge in [0.1, 0.15) is 6.33 Å². The van der Waals surface area contributed by atoms with Gasteiger partial charge in [-0.1, -0.05) is 28.1 Å². The summed E-state index contributed by atoms with van der Waals surface area (Å²) in [7, 11) is 0. The van der Waals surface area contributed by atoms with Crippen molar-refractivity contribution in [2.24, 2.45) is 11.7 Å². The minimum Gasteiger partial charge on any atom is -0.381 e. The zero-order valence-electron chi connectivity index (χ0n) is 13.6. The molecule has 0 aliphatic carbocycles. The number of ether oxygens (including phenoxy) is 1. The van der Waals surface area contributed by atoms with Gasteiger partial charge in [0.2, 0.25) is 11.9 Å². The molecule has 0 bridgehead atoms. The molecule has 1 aliphatic rings. The first-order valence-corrected chi connectivity index (χ1v) is 8.69. The van der Waals surface area contributed by atoms with Gasteiger partial charge in [0.15, 0.2) is 0 Å². The zero-order valence-corrected chi connectivity index (χ0v) is 16.0. The summed E-state index contributed by atoms with van der Waals surface area (Å²) in [5.74, 6) is 0.169. The summed E-state index contributed by atoms with van der Waals surface area (Å²) in [6.45, 7) is 1.89. The Labute approximate surface area is 160 Å². The highest BCUT2D eigenvalue weighted by Crippen LogP contribution is 2.18. The van der Waals surface area contributed by atoms with Crippen LogP contribution in [0.4, 0.5) is 5.95 Å². The molecule has 1 saturated heterocycles. The van der Waals surface area contributed by atoms with Crippen molar-refractivity contribution in [1.82, 2.24) is 14.8 Å². The second-order valence-electron chi connectivity index (χ2n) is 5.86. The van der Waals surface area contributed by atoms with Crippen molar-refractivity contribution >= 4 is 40.2 Å². The van der Waals surface area contributed by atoms with Crippen molar-refractivity contribution in [2.75, 3.05) is 18.5 Å². The molecule has 2 heterocycles. The van der Waals surface area contributed by atoms with Gasteiger partial charge in [-0.25, -0.2) is 9.67 Å². The van der Waals surface area contributed by atoms with Crippen LogP contribution in [0.3, 0.4) is 0 Å². The molecule has 2 aromatic rings. The number of carbonyl (C=O) groups excluding carboxylic acids is 1. The molecule has 7 nitrogen and oxygen atoms in total. The van der Waals surface area contributed by atoms with Gasteiger partial charge in [-0.15, -0.1) is 17.5 Å². The Kier molecular flexibility index (Phi) is 7.37. The Morgan fingerprint density at radius 2 is 2.20 bits per heavy atom. The highest BCUT2D eigenvalue weighted by Gasteiger charge is 2.27. The Bertz CT molecular complexity index is 705. The molecule has 3 rings (SSSR count). The fourth-order valence-corrected chi connectivity index (χ4v) is 3.18. The van der Waals surface area contributed by atoms with Gasteiger partial charge < -0.3 is 10.5 Å². The van der Waals surface area contributed by atoms with Crippen molar-refractivity contribution in [3.8, 4) is 0 Å². The van der Waals surface area contributed by atoms with Crippen molar-refractivity contribution < 1.29 is 9.53 Å². The topological polar surface area (TPSA) is 95.1 Å². The number of nitrogens with two attached hydrogens (primary N) is 1. The first-order valence-electron chi connectivity index (χ1n) is 7.90. The number of rotatable bonds is 5. The number of hydrogen-bond donors (Lipinski definition) is 2. The summed E-state index contributed by atoms with van der Waals surface area (Å²) in [6, 6.07) is 7.39. The van der Waals surface area contributed by atoms with Crippen LogP contribution in [0.5, 0.6) is 0 Å². The van der Waals surface area contributed by atoms with Crippen molar-refractivity contribution in [3.05, 3.63) is 40.6 Å². The van der Waals surface area contributed by atoms with Crippen molar-refractivity contribution in [2.45, 2.75) is 25.4 Å². The molecule has 9 heteroatoms. The standard InChI is InChI=1S/C16H20BrN5O2.ClH/c17-13-3-1-2-11(8-13)9-22-10-19-16(21-22)20-15(23)14(18)12-4-6-24-7-5-12;/h1-3,8,10,12,14H,4-7,9,18H2,(H,20,21,23);1H. The SMILES string of the molecule is Cl.NC(C(=O)Nc1ncn(Cc2cccc(Br)c2)n1)C1CCOCC1. The molecule has 25 heavy (non-hydrogen) atoms. The van der Waals surface area contributed by atoms with Crippen LogP contribution in [0.25, 0.3) is 0 Å². The van der Waals surface area contributed by atoms with E-state index >= 15 is 0 Å². The second-order valence-corrected chi connectivity index (χ2v) is 6.78. The smallest absolute Gasteiger partial charge is 0.248 e. The largest absolute Gasteiger partial charge is 0.381 e. The Morgan fingerprint density at radius 1 is 1.44 bits per heavy atom. The first-order chi connectivity index (χ1) is 11.6. The molecule has 3 N–H and O–H groups in total. The number of anilines is 1. The van der Waals surface area contributed by atoms with Crippen LogP contribution in [0.1, 0.15) is 18.4 Å². The van der Waals surface area contributed by atoms with E-state index in [9.17, 15) is 4.79 Å². The van der Waals surface area contributed by atoms with E-state index in [1.54, 1.807) is 11.0 Å². The average molecular weight is 431 g/mol. The maximum absolute atomic E-state index is 12.3. The van der Waals surface area contributed by atoms with E-state index in [1.807, 2.05) is 24.3 Å². The molecule has 1 unspecified atom stereocenters. The third kappa shape index (κ3) is 5.50. The lowest BCUT2D eigenvalue weighted by molar-refractivity contribution is -0.119. The predicted octanol–water partition coefficient (Wildman–Crippen LogP) is 2.20. The summed E-state index contributed by atoms with van der Waals surface area (Å²) in [4.78, 5) is 16.4. The Hall–Kier alpha value is -1.48. The van der Waals surface area contributed by atoms with Crippen LogP contribution in [-0.2, 0) is 16.1 Å². The number of nitrogens with zero attached hydrogens (tertiary/aromatic N) is 3. The van der Waals surface area contributed by atoms with Crippen LogP contribution >= 0.6 is 28.3 Å². The lowest BCUT2D eigenvalue weighted by atomic mass is 9.92. The quantitative estimate of drug-likeness (QED) is 0.758. The zero-order chi connectivity index (χ0) is 16.9. The highest BCUT2D eigenvalue weighted by atomic mass is 79.9. The minimum atomic E-state index is -0.564. The van der Waals surface area contributed by atoms with Crippen LogP contribution in [0.2, 0.25) is 0 Å². The van der Waals surface area contributed by atoms with Gasteiger partial charge in [0.05, 0.1) is 12.6 Å². The summed E-state index contributed by atoms with van der Waals surface area (Å²) in [5, 5.41) is 6.98. The molecular formula is C16H21BrClN5O2. The first kappa shape index (κ1) is 19.8. The average Bonchev–Trinajstić information content (AvgIpc) is 3.02. The molecule has 1 atom stereocenters. The van der Waals surface area contributed by atoms with Gasteiger partial charge in [-0.2, -0.15) is 0 Å². The maximum atomic E-state index is 12.3. The third-order valence-electron chi connectivity index (χ3n) is 4.08. The number of benzene rings is 1. The fourth-order valence-electron chi connectivity index (χ4n) is 2.73. The summed E-state index contributed by atoms with van der Waals surface area (Å²) in [6.07, 6.45) is 3.20. The predicted molar refractivity (Wildman–Crippen MR) is 101 cm³/mol. The van der Waals surface area contributed by atoms with E-state index in [1.165, 1.54) is 0 Å². The molecule has 1 amide bonds. The maximum Gasteiger partial charge on any atom is 0.248 e. The van der Waals surface area contributed by atoms with Crippen molar-refractivity contribution in [3.63, 3.8) is 0 Å². The van der Waals surface area contributed by atoms with Crippen LogP contribution in [0, 0.1) is 5.92 Å². The van der Waals surface area contributed by atoms with Gasteiger partial charge in [-0.05, 0) is 36.5 Å². The molecular weight excluding hydrogens is 410 g/mol. The Morgan fingerprint density at radius 3 is 2.92 bits per heavy atom. The fraction of sp³-hybridized carbons (Fsp3) is 0.438. The highest BCUT2D eigenvalue weighted by molar-refractivity contribution is 9.10. The molecule has 0 radical (unpaired) electrons. The number of aromatic nitrogens is 3. The van der Waals surface area contributed by atoms with E-state index in [4.69, 9.17) is 10.5 Å². The van der Waals surface area contributed by atoms with E-state index in [0.29, 0.717) is 19.8 Å². The third-order valence-corrected chi connectivity index (χ3v) is 4.57. The van der Waals surface area contributed by atoms with E-state index < -0.39 is 6.04 Å². The van der Waals surface area contributed by atoms with Gasteiger partial charge in [0.25, 0.3) is 0 Å². The molecule has 1 aromatic carbocycles. The van der Waals surface area contributed by atoms with E-state index in [-0.39, 0.29) is 30.2 Å². The number of hydrogen-bond acceptors (Lipinski definition) is 5. The van der Waals surface area contributed by atoms with Crippen molar-refractivity contribution in [1.29, 1.82) is 0 Å². The van der Waals surface area contributed by atoms with Gasteiger partial charge in [-0.3, -0.25) is 10.1 Å². The molecule has 136 valence electrons.